The van der Waals surface area contributed by atoms with Crippen molar-refractivity contribution < 1.29 is 9.59 Å². The first-order valence-corrected chi connectivity index (χ1v) is 7.86. The normalized spacial score (nSPS) is 10.3. The Labute approximate surface area is 149 Å². The first kappa shape index (κ1) is 17.1. The molecule has 0 atom stereocenters. The molecule has 1 aromatic heterocycles. The monoisotopic (exact) mass is 348 g/mol. The molecule has 3 rings (SSSR count). The number of aldehydes is 1. The van der Waals surface area contributed by atoms with Gasteiger partial charge in [0.05, 0.1) is 12.7 Å². The maximum atomic E-state index is 12.7. The Morgan fingerprint density at radius 3 is 2.62 bits per heavy atom. The first-order valence-electron chi connectivity index (χ1n) is 7.86. The number of nitrogen functional groups attached to an aromatic ring is 1. The highest BCUT2D eigenvalue weighted by molar-refractivity contribution is 6.04. The van der Waals surface area contributed by atoms with Gasteiger partial charge in [0.2, 0.25) is 0 Å². The molecular formula is C19H16N4O3. The highest BCUT2D eigenvalue weighted by atomic mass is 16.2. The van der Waals surface area contributed by atoms with E-state index >= 15 is 0 Å². The Bertz CT molecular complexity index is 1010. The number of nitrogens with two attached hydrogens (primary N) is 1. The minimum Gasteiger partial charge on any atom is -0.399 e. The van der Waals surface area contributed by atoms with E-state index in [2.05, 4.69) is 10.3 Å². The van der Waals surface area contributed by atoms with Crippen LogP contribution in [0.15, 0.2) is 65.6 Å². The zero-order valence-corrected chi connectivity index (χ0v) is 13.8. The fourth-order valence-corrected chi connectivity index (χ4v) is 2.51. The zero-order chi connectivity index (χ0) is 18.5. The predicted molar refractivity (Wildman–Crippen MR) is 98.8 cm³/mol. The van der Waals surface area contributed by atoms with Crippen molar-refractivity contribution in [1.29, 1.82) is 0 Å². The Kier molecular flexibility index (Phi) is 4.89. The highest BCUT2D eigenvalue weighted by Gasteiger charge is 2.14. The van der Waals surface area contributed by atoms with Gasteiger partial charge in [0.1, 0.15) is 17.8 Å². The molecule has 0 aliphatic carbocycles. The van der Waals surface area contributed by atoms with Gasteiger partial charge in [-0.05, 0) is 24.3 Å². The van der Waals surface area contributed by atoms with Crippen LogP contribution in [0, 0.1) is 0 Å². The number of carbonyl (C=O) groups is 2. The van der Waals surface area contributed by atoms with Gasteiger partial charge in [-0.2, -0.15) is 0 Å². The number of aromatic nitrogens is 2. The Hall–Kier alpha value is -3.74. The van der Waals surface area contributed by atoms with Crippen molar-refractivity contribution in [1.82, 2.24) is 9.55 Å². The van der Waals surface area contributed by atoms with Crippen LogP contribution < -0.4 is 16.6 Å². The van der Waals surface area contributed by atoms with Crippen molar-refractivity contribution in [2.45, 2.75) is 6.54 Å². The Morgan fingerprint density at radius 2 is 1.92 bits per heavy atom. The second-order valence-corrected chi connectivity index (χ2v) is 5.52. The molecule has 0 bridgehead atoms. The standard InChI is InChI=1S/C19H16N4O3/c20-15-8-4-7-14(11-15)17-21-12-16(19(26)23(17)9-10-24)22-18(25)13-5-2-1-3-6-13/h1-8,10-12H,9,20H2,(H,22,25). The van der Waals surface area contributed by atoms with Gasteiger partial charge in [-0.1, -0.05) is 30.3 Å². The van der Waals surface area contributed by atoms with Crippen molar-refractivity contribution in [2.75, 3.05) is 11.1 Å². The molecule has 7 nitrogen and oxygen atoms in total. The van der Waals surface area contributed by atoms with Crippen LogP contribution in [-0.4, -0.2) is 21.7 Å². The minimum atomic E-state index is -0.520. The maximum Gasteiger partial charge on any atom is 0.277 e. The summed E-state index contributed by atoms with van der Waals surface area (Å²) >= 11 is 0. The van der Waals surface area contributed by atoms with E-state index in [0.29, 0.717) is 28.9 Å². The van der Waals surface area contributed by atoms with E-state index in [-0.39, 0.29) is 12.2 Å². The lowest BCUT2D eigenvalue weighted by Crippen LogP contribution is -2.28. The van der Waals surface area contributed by atoms with E-state index < -0.39 is 11.5 Å². The number of carbonyl (C=O) groups excluding carboxylic acids is 2. The molecule has 0 radical (unpaired) electrons. The molecule has 0 saturated carbocycles. The van der Waals surface area contributed by atoms with Crippen molar-refractivity contribution in [3.63, 3.8) is 0 Å². The first-order chi connectivity index (χ1) is 12.6. The molecule has 0 saturated heterocycles. The molecule has 1 amide bonds. The zero-order valence-electron chi connectivity index (χ0n) is 13.8. The molecule has 0 fully saturated rings. The molecule has 0 aliphatic rings. The predicted octanol–water partition coefficient (Wildman–Crippen LogP) is 1.94. The third-order valence-corrected chi connectivity index (χ3v) is 3.73. The SMILES string of the molecule is Nc1cccc(-c2ncc(NC(=O)c3ccccc3)c(=O)n2CC=O)c1. The summed E-state index contributed by atoms with van der Waals surface area (Å²) in [5, 5.41) is 2.54. The molecular weight excluding hydrogens is 332 g/mol. The smallest absolute Gasteiger partial charge is 0.277 e. The highest BCUT2D eigenvalue weighted by Crippen LogP contribution is 2.19. The molecule has 0 spiro atoms. The summed E-state index contributed by atoms with van der Waals surface area (Å²) < 4.78 is 1.20. The molecule has 0 unspecified atom stereocenters. The lowest BCUT2D eigenvalue weighted by molar-refractivity contribution is -0.108. The van der Waals surface area contributed by atoms with E-state index in [1.807, 2.05) is 0 Å². The number of nitrogens with one attached hydrogen (secondary N) is 1. The van der Waals surface area contributed by atoms with Gasteiger partial charge in [-0.3, -0.25) is 14.2 Å². The van der Waals surface area contributed by atoms with Crippen LogP contribution in [0.3, 0.4) is 0 Å². The molecule has 130 valence electrons. The largest absolute Gasteiger partial charge is 0.399 e. The maximum absolute atomic E-state index is 12.7. The molecule has 7 heteroatoms. The van der Waals surface area contributed by atoms with Gasteiger partial charge >= 0.3 is 0 Å². The summed E-state index contributed by atoms with van der Waals surface area (Å²) in [6.45, 7) is -0.189. The van der Waals surface area contributed by atoms with E-state index in [1.54, 1.807) is 54.6 Å². The second kappa shape index (κ2) is 7.43. The number of hydrogen-bond donors (Lipinski definition) is 2. The number of hydrogen-bond acceptors (Lipinski definition) is 5. The summed E-state index contributed by atoms with van der Waals surface area (Å²) in [6, 6.07) is 15.3. The summed E-state index contributed by atoms with van der Waals surface area (Å²) in [5.74, 6) is -0.133. The van der Waals surface area contributed by atoms with E-state index in [4.69, 9.17) is 5.73 Å². The topological polar surface area (TPSA) is 107 Å². The number of nitrogens with zero attached hydrogens (tertiary/aromatic N) is 2. The van der Waals surface area contributed by atoms with Crippen LogP contribution in [0.25, 0.3) is 11.4 Å². The van der Waals surface area contributed by atoms with Crippen LogP contribution in [0.4, 0.5) is 11.4 Å². The lowest BCUT2D eigenvalue weighted by atomic mass is 10.2. The molecule has 0 aliphatic heterocycles. The third-order valence-electron chi connectivity index (χ3n) is 3.73. The van der Waals surface area contributed by atoms with Crippen LogP contribution >= 0.6 is 0 Å². The van der Waals surface area contributed by atoms with Crippen molar-refractivity contribution >= 4 is 23.6 Å². The summed E-state index contributed by atoms with van der Waals surface area (Å²) in [6.07, 6.45) is 1.88. The quantitative estimate of drug-likeness (QED) is 0.541. The van der Waals surface area contributed by atoms with Gasteiger partial charge in [0.15, 0.2) is 0 Å². The van der Waals surface area contributed by atoms with Crippen LogP contribution in [0.2, 0.25) is 0 Å². The molecule has 3 N–H and O–H groups in total. The van der Waals surface area contributed by atoms with Crippen molar-refractivity contribution in [2.24, 2.45) is 0 Å². The van der Waals surface area contributed by atoms with Crippen LogP contribution in [0.5, 0.6) is 0 Å². The third kappa shape index (κ3) is 3.51. The number of rotatable bonds is 5. The second-order valence-electron chi connectivity index (χ2n) is 5.52. The van der Waals surface area contributed by atoms with E-state index in [0.717, 1.165) is 0 Å². The fraction of sp³-hybridized carbons (Fsp3) is 0.0526. The van der Waals surface area contributed by atoms with Gasteiger partial charge in [0, 0.05) is 16.8 Å². The summed E-state index contributed by atoms with van der Waals surface area (Å²) in [5.41, 5.74) is 6.77. The van der Waals surface area contributed by atoms with Gasteiger partial charge in [-0.15, -0.1) is 0 Å². The average molecular weight is 348 g/mol. The Balaban J connectivity index is 2.01. The van der Waals surface area contributed by atoms with E-state index in [9.17, 15) is 14.4 Å². The lowest BCUT2D eigenvalue weighted by Gasteiger charge is -2.12. The number of benzene rings is 2. The molecule has 3 aromatic rings. The van der Waals surface area contributed by atoms with Crippen molar-refractivity contribution in [3.05, 3.63) is 76.7 Å². The average Bonchev–Trinajstić information content (AvgIpc) is 2.66. The summed E-state index contributed by atoms with van der Waals surface area (Å²) in [4.78, 5) is 40.3. The van der Waals surface area contributed by atoms with E-state index in [1.165, 1.54) is 10.8 Å². The van der Waals surface area contributed by atoms with Gasteiger partial charge < -0.3 is 15.8 Å². The Morgan fingerprint density at radius 1 is 1.15 bits per heavy atom. The number of amides is 1. The van der Waals surface area contributed by atoms with Crippen molar-refractivity contribution in [3.8, 4) is 11.4 Å². The van der Waals surface area contributed by atoms with Gasteiger partial charge in [0.25, 0.3) is 11.5 Å². The molecule has 2 aromatic carbocycles. The molecule has 26 heavy (non-hydrogen) atoms. The summed E-state index contributed by atoms with van der Waals surface area (Å²) in [7, 11) is 0. The molecule has 1 heterocycles. The van der Waals surface area contributed by atoms with Gasteiger partial charge in [-0.25, -0.2) is 4.98 Å². The number of anilines is 2. The van der Waals surface area contributed by atoms with Crippen LogP contribution in [-0.2, 0) is 11.3 Å². The minimum absolute atomic E-state index is 0.00615. The van der Waals surface area contributed by atoms with Crippen LogP contribution in [0.1, 0.15) is 10.4 Å². The fourth-order valence-electron chi connectivity index (χ4n) is 2.51.